The molecule has 0 aliphatic heterocycles. The van der Waals surface area contributed by atoms with Crippen molar-refractivity contribution < 1.29 is 4.42 Å². The van der Waals surface area contributed by atoms with Crippen molar-refractivity contribution >= 4 is 43.5 Å². The highest BCUT2D eigenvalue weighted by Gasteiger charge is 2.17. The molecule has 45 heavy (non-hydrogen) atoms. The summed E-state index contributed by atoms with van der Waals surface area (Å²) < 4.78 is 6.42. The summed E-state index contributed by atoms with van der Waals surface area (Å²) >= 11 is 0. The molecule has 3 nitrogen and oxygen atoms in total. The lowest BCUT2D eigenvalue weighted by molar-refractivity contribution is 0.669. The van der Waals surface area contributed by atoms with Crippen molar-refractivity contribution in [3.63, 3.8) is 0 Å². The van der Waals surface area contributed by atoms with E-state index >= 15 is 0 Å². The molecule has 2 aromatic heterocycles. The quantitative estimate of drug-likeness (QED) is 0.196. The number of hydrogen-bond acceptors (Lipinski definition) is 3. The minimum absolute atomic E-state index is 0.695. The maximum absolute atomic E-state index is 6.42. The average molecular weight is 575 g/mol. The van der Waals surface area contributed by atoms with Crippen molar-refractivity contribution in [1.29, 1.82) is 0 Å². The topological polar surface area (TPSA) is 38.9 Å². The predicted molar refractivity (Wildman–Crippen MR) is 186 cm³/mol. The van der Waals surface area contributed by atoms with E-state index in [1.165, 1.54) is 27.1 Å². The Bertz CT molecular complexity index is 2470. The molecule has 0 spiro atoms. The van der Waals surface area contributed by atoms with Crippen molar-refractivity contribution in [2.75, 3.05) is 0 Å². The van der Waals surface area contributed by atoms with Gasteiger partial charge in [0.05, 0.1) is 11.4 Å². The second-order valence-corrected chi connectivity index (χ2v) is 11.4. The van der Waals surface area contributed by atoms with Crippen LogP contribution in [0.25, 0.3) is 88.5 Å². The van der Waals surface area contributed by atoms with E-state index in [1.807, 2.05) is 48.5 Å². The summed E-state index contributed by atoms with van der Waals surface area (Å²) in [5.41, 5.74) is 8.80. The minimum atomic E-state index is 0.695. The zero-order valence-electron chi connectivity index (χ0n) is 24.3. The van der Waals surface area contributed by atoms with Crippen molar-refractivity contribution in [2.45, 2.75) is 0 Å². The summed E-state index contributed by atoms with van der Waals surface area (Å²) in [7, 11) is 0. The molecule has 0 amide bonds. The Hall–Kier alpha value is -6.06. The number of nitrogens with zero attached hydrogens (tertiary/aromatic N) is 2. The fourth-order valence-corrected chi connectivity index (χ4v) is 6.46. The first-order valence-corrected chi connectivity index (χ1v) is 15.2. The minimum Gasteiger partial charge on any atom is -0.456 e. The zero-order chi connectivity index (χ0) is 29.7. The van der Waals surface area contributed by atoms with Gasteiger partial charge in [0.15, 0.2) is 5.82 Å². The van der Waals surface area contributed by atoms with Crippen molar-refractivity contribution in [1.82, 2.24) is 9.97 Å². The molecule has 0 aliphatic rings. The molecule has 9 aromatic rings. The molecule has 2 heterocycles. The van der Waals surface area contributed by atoms with E-state index in [0.29, 0.717) is 5.82 Å². The van der Waals surface area contributed by atoms with Crippen LogP contribution in [-0.4, -0.2) is 9.97 Å². The SMILES string of the molecule is c1ccc(-c2cc(-c3cccc4oc5ccc(-c6ccc7ccc8ccccc8c7c6)cc5c34)nc(-c3ccccc3)n2)cc1. The zero-order valence-corrected chi connectivity index (χ0v) is 24.3. The summed E-state index contributed by atoms with van der Waals surface area (Å²) in [6.07, 6.45) is 0. The van der Waals surface area contributed by atoms with Crippen LogP contribution < -0.4 is 0 Å². The van der Waals surface area contributed by atoms with E-state index in [2.05, 4.69) is 109 Å². The van der Waals surface area contributed by atoms with Crippen LogP contribution in [0.2, 0.25) is 0 Å². The van der Waals surface area contributed by atoms with Gasteiger partial charge >= 0.3 is 0 Å². The van der Waals surface area contributed by atoms with E-state index in [4.69, 9.17) is 14.4 Å². The molecular formula is C42H26N2O. The molecule has 0 atom stereocenters. The first-order valence-electron chi connectivity index (χ1n) is 15.2. The molecule has 0 fully saturated rings. The van der Waals surface area contributed by atoms with Gasteiger partial charge in [-0.1, -0.05) is 127 Å². The van der Waals surface area contributed by atoms with Gasteiger partial charge in [-0.15, -0.1) is 0 Å². The summed E-state index contributed by atoms with van der Waals surface area (Å²) in [6.45, 7) is 0. The molecule has 3 heteroatoms. The number of benzene rings is 7. The van der Waals surface area contributed by atoms with Crippen LogP contribution >= 0.6 is 0 Å². The maximum atomic E-state index is 6.42. The molecule has 7 aromatic carbocycles. The molecule has 9 rings (SSSR count). The lowest BCUT2D eigenvalue weighted by Gasteiger charge is -2.10. The van der Waals surface area contributed by atoms with Gasteiger partial charge in [-0.3, -0.25) is 0 Å². The molecule has 0 unspecified atom stereocenters. The summed E-state index contributed by atoms with van der Waals surface area (Å²) in [5.74, 6) is 0.695. The first-order chi connectivity index (χ1) is 22.3. The van der Waals surface area contributed by atoms with Crippen LogP contribution in [0.5, 0.6) is 0 Å². The Morgan fingerprint density at radius 2 is 1.02 bits per heavy atom. The fraction of sp³-hybridized carbons (Fsp3) is 0. The van der Waals surface area contributed by atoms with Gasteiger partial charge in [0.25, 0.3) is 0 Å². The van der Waals surface area contributed by atoms with E-state index in [1.54, 1.807) is 0 Å². The van der Waals surface area contributed by atoms with Crippen molar-refractivity contribution in [2.24, 2.45) is 0 Å². The van der Waals surface area contributed by atoms with E-state index in [-0.39, 0.29) is 0 Å². The summed E-state index contributed by atoms with van der Waals surface area (Å²) in [5, 5.41) is 7.13. The number of furan rings is 1. The van der Waals surface area contributed by atoms with Gasteiger partial charge in [-0.05, 0) is 63.0 Å². The number of rotatable bonds is 4. The highest BCUT2D eigenvalue weighted by atomic mass is 16.3. The average Bonchev–Trinajstić information content (AvgIpc) is 3.50. The van der Waals surface area contributed by atoms with Crippen LogP contribution in [-0.2, 0) is 0 Å². The van der Waals surface area contributed by atoms with E-state index in [9.17, 15) is 0 Å². The predicted octanol–water partition coefficient (Wildman–Crippen LogP) is 11.4. The largest absolute Gasteiger partial charge is 0.456 e. The Balaban J connectivity index is 1.26. The van der Waals surface area contributed by atoms with Gasteiger partial charge in [0.1, 0.15) is 11.2 Å². The number of fused-ring (bicyclic) bond motifs is 6. The van der Waals surface area contributed by atoms with Crippen LogP contribution in [0, 0.1) is 0 Å². The molecule has 0 N–H and O–H groups in total. The Labute approximate surface area is 260 Å². The Morgan fingerprint density at radius 3 is 1.84 bits per heavy atom. The highest BCUT2D eigenvalue weighted by molar-refractivity contribution is 6.14. The van der Waals surface area contributed by atoms with Crippen molar-refractivity contribution in [3.8, 4) is 45.0 Å². The fourth-order valence-electron chi connectivity index (χ4n) is 6.46. The highest BCUT2D eigenvalue weighted by Crippen LogP contribution is 2.40. The second kappa shape index (κ2) is 10.3. The van der Waals surface area contributed by atoms with Gasteiger partial charge in [0.2, 0.25) is 0 Å². The van der Waals surface area contributed by atoms with Crippen LogP contribution in [0.15, 0.2) is 162 Å². The second-order valence-electron chi connectivity index (χ2n) is 11.4. The monoisotopic (exact) mass is 574 g/mol. The van der Waals surface area contributed by atoms with Gasteiger partial charge in [-0.2, -0.15) is 0 Å². The molecule has 0 radical (unpaired) electrons. The third kappa shape index (κ3) is 4.37. The molecule has 0 saturated heterocycles. The van der Waals surface area contributed by atoms with E-state index in [0.717, 1.165) is 55.6 Å². The molecular weight excluding hydrogens is 548 g/mol. The number of aromatic nitrogens is 2. The lowest BCUT2D eigenvalue weighted by atomic mass is 9.95. The van der Waals surface area contributed by atoms with Gasteiger partial charge < -0.3 is 4.42 Å². The first kappa shape index (κ1) is 25.4. The van der Waals surface area contributed by atoms with Gasteiger partial charge in [0, 0.05) is 27.5 Å². The molecule has 0 bridgehead atoms. The summed E-state index contributed by atoms with van der Waals surface area (Å²) in [6, 6.07) is 55.0. The van der Waals surface area contributed by atoms with Crippen LogP contribution in [0.1, 0.15) is 0 Å². The Morgan fingerprint density at radius 1 is 0.378 bits per heavy atom. The standard InChI is InChI=1S/C42H26N2O/c1-3-11-29(12-4-1)37-26-38(44-42(43-37)30-13-5-2-6-14-30)34-16-9-17-40-41(34)36-25-32(22-23-39(36)45-40)31-21-20-28-19-18-27-10-7-8-15-33(27)35(28)24-31/h1-26H. The van der Waals surface area contributed by atoms with E-state index < -0.39 is 0 Å². The maximum Gasteiger partial charge on any atom is 0.160 e. The van der Waals surface area contributed by atoms with Crippen molar-refractivity contribution in [3.05, 3.63) is 158 Å². The van der Waals surface area contributed by atoms with Crippen LogP contribution in [0.3, 0.4) is 0 Å². The third-order valence-corrected chi connectivity index (χ3v) is 8.68. The smallest absolute Gasteiger partial charge is 0.160 e. The van der Waals surface area contributed by atoms with Gasteiger partial charge in [-0.25, -0.2) is 9.97 Å². The summed E-state index contributed by atoms with van der Waals surface area (Å²) in [4.78, 5) is 10.1. The Kier molecular flexibility index (Phi) is 5.82. The molecule has 0 saturated carbocycles. The lowest BCUT2D eigenvalue weighted by Crippen LogP contribution is -1.96. The van der Waals surface area contributed by atoms with Crippen LogP contribution in [0.4, 0.5) is 0 Å². The normalized spacial score (nSPS) is 11.6. The number of hydrogen-bond donors (Lipinski definition) is 0. The molecule has 210 valence electrons. The molecule has 0 aliphatic carbocycles. The third-order valence-electron chi connectivity index (χ3n) is 8.68.